The van der Waals surface area contributed by atoms with E-state index >= 15 is 0 Å². The van der Waals surface area contributed by atoms with Crippen molar-refractivity contribution in [1.82, 2.24) is 25.5 Å². The maximum Gasteiger partial charge on any atom is 0.326 e. The summed E-state index contributed by atoms with van der Waals surface area (Å²) in [6.45, 7) is 0.246. The maximum absolute atomic E-state index is 13.1. The quantitative estimate of drug-likeness (QED) is 0.165. The summed E-state index contributed by atoms with van der Waals surface area (Å²) in [5.74, 6) is -4.35. The van der Waals surface area contributed by atoms with Crippen LogP contribution >= 0.6 is 12.6 Å². The zero-order valence-electron chi connectivity index (χ0n) is 17.8. The molecule has 1 aromatic heterocycles. The van der Waals surface area contributed by atoms with E-state index in [0.717, 1.165) is 0 Å². The first kappa shape index (κ1) is 26.1. The average Bonchev–Trinajstić information content (AvgIpc) is 3.46. The Morgan fingerprint density at radius 3 is 2.48 bits per heavy atom. The van der Waals surface area contributed by atoms with Crippen LogP contribution < -0.4 is 16.4 Å². The van der Waals surface area contributed by atoms with Crippen LogP contribution in [0.3, 0.4) is 0 Å². The molecule has 1 aliphatic heterocycles. The van der Waals surface area contributed by atoms with E-state index in [4.69, 9.17) is 10.8 Å². The number of hydrogen-bond acceptors (Lipinski definition) is 8. The van der Waals surface area contributed by atoms with Gasteiger partial charge in [-0.1, -0.05) is 0 Å². The molecule has 1 aromatic rings. The summed E-state index contributed by atoms with van der Waals surface area (Å²) in [5.41, 5.74) is 6.22. The number of H-pyrrole nitrogens is 1. The first-order chi connectivity index (χ1) is 15.6. The van der Waals surface area contributed by atoms with Crippen LogP contribution in [-0.4, -0.2) is 91.2 Å². The zero-order chi connectivity index (χ0) is 24.5. The molecule has 13 nitrogen and oxygen atoms in total. The molecular weight excluding hydrogens is 456 g/mol. The molecule has 3 amide bonds. The molecule has 4 atom stereocenters. The molecule has 0 radical (unpaired) electrons. The van der Waals surface area contributed by atoms with Gasteiger partial charge in [0.25, 0.3) is 0 Å². The number of aromatic amines is 1. The lowest BCUT2D eigenvalue weighted by molar-refractivity contribution is -0.149. The lowest BCUT2D eigenvalue weighted by Gasteiger charge is -2.28. The number of rotatable bonds is 12. The highest BCUT2D eigenvalue weighted by atomic mass is 32.1. The van der Waals surface area contributed by atoms with Crippen molar-refractivity contribution in [3.63, 3.8) is 0 Å². The molecule has 0 aliphatic carbocycles. The summed E-state index contributed by atoms with van der Waals surface area (Å²) in [7, 11) is 0. The summed E-state index contributed by atoms with van der Waals surface area (Å²) < 4.78 is 0. The van der Waals surface area contributed by atoms with Crippen molar-refractivity contribution in [3.8, 4) is 0 Å². The Hall–Kier alpha value is -3.13. The SMILES string of the molecule is NC(CCC(=O)O)C(=O)NC(CS)C(=O)NC(Cc1cnc[nH]1)C(=O)N1CCCC1C(=O)O. The molecule has 33 heavy (non-hydrogen) atoms. The largest absolute Gasteiger partial charge is 0.481 e. The summed E-state index contributed by atoms with van der Waals surface area (Å²) >= 11 is 4.07. The molecule has 2 heterocycles. The van der Waals surface area contributed by atoms with Crippen molar-refractivity contribution in [2.45, 2.75) is 56.3 Å². The van der Waals surface area contributed by atoms with Gasteiger partial charge in [0.2, 0.25) is 17.7 Å². The van der Waals surface area contributed by atoms with Gasteiger partial charge in [-0.05, 0) is 19.3 Å². The first-order valence-electron chi connectivity index (χ1n) is 10.3. The van der Waals surface area contributed by atoms with E-state index in [1.807, 2.05) is 0 Å². The van der Waals surface area contributed by atoms with E-state index in [1.165, 1.54) is 17.4 Å². The monoisotopic (exact) mass is 484 g/mol. The number of imidazole rings is 1. The molecular formula is C19H28N6O7S. The molecule has 0 saturated carbocycles. The molecule has 4 unspecified atom stereocenters. The number of carbonyl (C=O) groups is 5. The van der Waals surface area contributed by atoms with E-state index in [9.17, 15) is 29.1 Å². The van der Waals surface area contributed by atoms with Gasteiger partial charge in [-0.2, -0.15) is 12.6 Å². The number of aliphatic carboxylic acids is 2. The number of nitrogens with two attached hydrogens (primary N) is 1. The number of thiol groups is 1. The summed E-state index contributed by atoms with van der Waals surface area (Å²) in [6, 6.07) is -4.38. The van der Waals surface area contributed by atoms with E-state index < -0.39 is 53.8 Å². The molecule has 0 aromatic carbocycles. The Morgan fingerprint density at radius 1 is 1.21 bits per heavy atom. The minimum Gasteiger partial charge on any atom is -0.481 e. The molecule has 7 N–H and O–H groups in total. The molecule has 0 spiro atoms. The van der Waals surface area contributed by atoms with Gasteiger partial charge in [-0.25, -0.2) is 9.78 Å². The second-order valence-electron chi connectivity index (χ2n) is 7.65. The van der Waals surface area contributed by atoms with E-state index in [2.05, 4.69) is 33.2 Å². The molecule has 1 fully saturated rings. The number of hydrogen-bond donors (Lipinski definition) is 7. The normalized spacial score (nSPS) is 18.2. The number of nitrogens with one attached hydrogen (secondary N) is 3. The van der Waals surface area contributed by atoms with Crippen molar-refractivity contribution in [3.05, 3.63) is 18.2 Å². The van der Waals surface area contributed by atoms with Crippen LogP contribution in [0.15, 0.2) is 12.5 Å². The minimum atomic E-state index is -1.15. The van der Waals surface area contributed by atoms with Crippen LogP contribution in [-0.2, 0) is 30.4 Å². The summed E-state index contributed by atoms with van der Waals surface area (Å²) in [6.07, 6.45) is 3.32. The molecule has 1 saturated heterocycles. The van der Waals surface area contributed by atoms with Crippen LogP contribution in [0.2, 0.25) is 0 Å². The van der Waals surface area contributed by atoms with Crippen molar-refractivity contribution in [2.75, 3.05) is 12.3 Å². The minimum absolute atomic E-state index is 0.0266. The van der Waals surface area contributed by atoms with Crippen molar-refractivity contribution < 1.29 is 34.2 Å². The third kappa shape index (κ3) is 7.46. The fraction of sp³-hybridized carbons (Fsp3) is 0.579. The number of carbonyl (C=O) groups excluding carboxylic acids is 3. The predicted octanol–water partition coefficient (Wildman–Crippen LogP) is -1.88. The number of amides is 3. The predicted molar refractivity (Wildman–Crippen MR) is 117 cm³/mol. The third-order valence-corrected chi connectivity index (χ3v) is 5.60. The number of carboxylic acid groups (broad SMARTS) is 2. The standard InChI is InChI=1S/C19H28N6O7S/c20-11(3-4-15(26)27)16(28)24-13(8-33)17(29)23-12(6-10-7-21-9-22-10)18(30)25-5-1-2-14(25)19(31)32/h7,9,11-14,33H,1-6,8,20H2,(H,21,22)(H,23,29)(H,24,28)(H,26,27)(H,31,32). The second kappa shape index (κ2) is 12.2. The van der Waals surface area contributed by atoms with Gasteiger partial charge in [0.1, 0.15) is 18.1 Å². The van der Waals surface area contributed by atoms with Crippen LogP contribution in [0.1, 0.15) is 31.4 Å². The molecule has 1 aliphatic rings. The van der Waals surface area contributed by atoms with Crippen LogP contribution in [0.4, 0.5) is 0 Å². The Kier molecular flexibility index (Phi) is 9.66. The van der Waals surface area contributed by atoms with Gasteiger partial charge in [0.05, 0.1) is 12.4 Å². The van der Waals surface area contributed by atoms with E-state index in [-0.39, 0.29) is 31.6 Å². The number of nitrogens with zero attached hydrogens (tertiary/aromatic N) is 2. The van der Waals surface area contributed by atoms with Crippen molar-refractivity contribution in [2.24, 2.45) is 5.73 Å². The zero-order valence-corrected chi connectivity index (χ0v) is 18.7. The van der Waals surface area contributed by atoms with Crippen LogP contribution in [0.5, 0.6) is 0 Å². The van der Waals surface area contributed by atoms with E-state index in [0.29, 0.717) is 18.5 Å². The molecule has 182 valence electrons. The summed E-state index contributed by atoms with van der Waals surface area (Å²) in [4.78, 5) is 68.3. The van der Waals surface area contributed by atoms with Gasteiger partial charge >= 0.3 is 11.9 Å². The van der Waals surface area contributed by atoms with Crippen LogP contribution in [0.25, 0.3) is 0 Å². The Balaban J connectivity index is 2.10. The molecule has 2 rings (SSSR count). The van der Waals surface area contributed by atoms with Crippen molar-refractivity contribution >= 4 is 42.3 Å². The first-order valence-corrected chi connectivity index (χ1v) is 11.0. The second-order valence-corrected chi connectivity index (χ2v) is 8.02. The smallest absolute Gasteiger partial charge is 0.326 e. The molecule has 0 bridgehead atoms. The fourth-order valence-corrected chi connectivity index (χ4v) is 3.72. The van der Waals surface area contributed by atoms with Crippen LogP contribution in [0, 0.1) is 0 Å². The lowest BCUT2D eigenvalue weighted by Crippen LogP contribution is -2.58. The summed E-state index contributed by atoms with van der Waals surface area (Å²) in [5, 5.41) is 23.1. The van der Waals surface area contributed by atoms with Gasteiger partial charge in [-0.3, -0.25) is 19.2 Å². The Labute approximate surface area is 194 Å². The highest BCUT2D eigenvalue weighted by Gasteiger charge is 2.38. The number of aromatic nitrogens is 2. The highest BCUT2D eigenvalue weighted by molar-refractivity contribution is 7.80. The molecule has 14 heteroatoms. The number of likely N-dealkylation sites (tertiary alicyclic amines) is 1. The van der Waals surface area contributed by atoms with Gasteiger partial charge < -0.3 is 36.5 Å². The topological polar surface area (TPSA) is 208 Å². The average molecular weight is 485 g/mol. The van der Waals surface area contributed by atoms with Gasteiger partial charge in [0.15, 0.2) is 0 Å². The van der Waals surface area contributed by atoms with Gasteiger partial charge in [0, 0.05) is 37.0 Å². The Bertz CT molecular complexity index is 865. The maximum atomic E-state index is 13.1. The fourth-order valence-electron chi connectivity index (χ4n) is 3.46. The van der Waals surface area contributed by atoms with Gasteiger partial charge in [-0.15, -0.1) is 0 Å². The van der Waals surface area contributed by atoms with Crippen molar-refractivity contribution in [1.29, 1.82) is 0 Å². The Morgan fingerprint density at radius 2 is 1.91 bits per heavy atom. The number of carboxylic acids is 2. The van der Waals surface area contributed by atoms with E-state index in [1.54, 1.807) is 0 Å². The lowest BCUT2D eigenvalue weighted by atomic mass is 10.1. The third-order valence-electron chi connectivity index (χ3n) is 5.24. The highest BCUT2D eigenvalue weighted by Crippen LogP contribution is 2.19.